The van der Waals surface area contributed by atoms with Crippen LogP contribution >= 0.6 is 0 Å². The van der Waals surface area contributed by atoms with Crippen LogP contribution in [0.2, 0.25) is 0 Å². The number of benzene rings is 1. The molecule has 0 unspecified atom stereocenters. The van der Waals surface area contributed by atoms with Crippen LogP contribution in [0, 0.1) is 0 Å². The van der Waals surface area contributed by atoms with Crippen molar-refractivity contribution in [3.63, 3.8) is 0 Å². The van der Waals surface area contributed by atoms with Gasteiger partial charge < -0.3 is 4.90 Å². The molecule has 70 valence electrons. The maximum absolute atomic E-state index is 2.16. The highest BCUT2D eigenvalue weighted by Crippen LogP contribution is 1.94. The lowest BCUT2D eigenvalue weighted by Crippen LogP contribution is -3.04. The Morgan fingerprint density at radius 1 is 1.00 bits per heavy atom. The highest BCUT2D eigenvalue weighted by atomic mass is 15.0. The molecule has 0 saturated heterocycles. The third-order valence-corrected chi connectivity index (χ3v) is 1.40. The molecule has 0 fully saturated rings. The van der Waals surface area contributed by atoms with Crippen molar-refractivity contribution < 1.29 is 4.90 Å². The smallest absolute Gasteiger partial charge is 0.102 e. The van der Waals surface area contributed by atoms with E-state index in [0.717, 1.165) is 6.54 Å². The molecular weight excluding hydrogens is 146 g/mol. The van der Waals surface area contributed by atoms with Gasteiger partial charge in [0.15, 0.2) is 0 Å². The van der Waals surface area contributed by atoms with E-state index >= 15 is 0 Å². The minimum absolute atomic E-state index is 0. The van der Waals surface area contributed by atoms with Gasteiger partial charge in [-0.25, -0.2) is 0 Å². The van der Waals surface area contributed by atoms with Crippen LogP contribution in [-0.2, 0) is 6.54 Å². The van der Waals surface area contributed by atoms with Crippen LogP contribution in [0.1, 0.15) is 20.4 Å². The highest BCUT2D eigenvalue weighted by Gasteiger charge is 1.93. The monoisotopic (exact) mass is 168 g/mol. The lowest BCUT2D eigenvalue weighted by atomic mass is 10.2. The minimum atomic E-state index is 0. The van der Waals surface area contributed by atoms with Crippen LogP contribution in [0.5, 0.6) is 0 Å². The van der Waals surface area contributed by atoms with E-state index in [1.165, 1.54) is 10.5 Å². The molecule has 1 heteroatoms. The van der Waals surface area contributed by atoms with Gasteiger partial charge in [0.25, 0.3) is 0 Å². The molecule has 1 N–H and O–H groups in total. The Bertz CT molecular complexity index is 179. The zero-order chi connectivity index (χ0) is 7.40. The summed E-state index contributed by atoms with van der Waals surface area (Å²) in [4.78, 5) is 1.46. The summed E-state index contributed by atoms with van der Waals surface area (Å²) in [5.41, 5.74) is 1.41. The molecule has 1 rings (SSSR count). The van der Waals surface area contributed by atoms with Gasteiger partial charge in [-0.05, 0) is 0 Å². The number of hydrogen-bond donors (Lipinski definition) is 1. The van der Waals surface area contributed by atoms with E-state index in [1.807, 2.05) is 0 Å². The maximum atomic E-state index is 2.16. The zero-order valence-electron chi connectivity index (χ0n) is 6.59. The van der Waals surface area contributed by atoms with Crippen LogP contribution in [0.4, 0.5) is 0 Å². The predicted octanol–water partition coefficient (Wildman–Crippen LogP) is 1.60. The Balaban J connectivity index is 0. The third-order valence-electron chi connectivity index (χ3n) is 1.40. The van der Waals surface area contributed by atoms with Crippen LogP contribution in [0.15, 0.2) is 30.3 Å². The van der Waals surface area contributed by atoms with E-state index in [0.29, 0.717) is 0 Å². The quantitative estimate of drug-likeness (QED) is 0.684. The maximum Gasteiger partial charge on any atom is 0.102 e. The molecule has 1 nitrogen and oxygen atoms in total. The van der Waals surface area contributed by atoms with Crippen molar-refractivity contribution in [2.24, 2.45) is 0 Å². The normalized spacial score (nSPS) is 8.58. The SMILES string of the molecule is C.C.C[NH+](C)Cc1ccccc1. The fourth-order valence-corrected chi connectivity index (χ4v) is 1.00. The fraction of sp³-hybridized carbons (Fsp3) is 0.455. The van der Waals surface area contributed by atoms with Crippen molar-refractivity contribution in [3.8, 4) is 0 Å². The largest absolute Gasteiger partial charge is 0.336 e. The molecule has 1 aromatic carbocycles. The van der Waals surface area contributed by atoms with Crippen LogP contribution in [-0.4, -0.2) is 14.1 Å². The van der Waals surface area contributed by atoms with Crippen molar-refractivity contribution >= 4 is 0 Å². The van der Waals surface area contributed by atoms with E-state index in [4.69, 9.17) is 0 Å². The first-order valence-corrected chi connectivity index (χ1v) is 3.62. The molecule has 0 heterocycles. The van der Waals surface area contributed by atoms with Gasteiger partial charge in [-0.1, -0.05) is 45.2 Å². The van der Waals surface area contributed by atoms with Crippen LogP contribution in [0.3, 0.4) is 0 Å². The molecule has 0 atom stereocenters. The number of rotatable bonds is 2. The lowest BCUT2D eigenvalue weighted by molar-refractivity contribution is -0.872. The van der Waals surface area contributed by atoms with Gasteiger partial charge in [0.05, 0.1) is 14.1 Å². The van der Waals surface area contributed by atoms with Gasteiger partial charge in [-0.3, -0.25) is 0 Å². The number of nitrogens with one attached hydrogen (secondary N) is 1. The van der Waals surface area contributed by atoms with E-state index in [-0.39, 0.29) is 14.9 Å². The van der Waals surface area contributed by atoms with Gasteiger partial charge in [0.2, 0.25) is 0 Å². The summed E-state index contributed by atoms with van der Waals surface area (Å²) in [7, 11) is 4.32. The van der Waals surface area contributed by atoms with Gasteiger partial charge in [0.1, 0.15) is 6.54 Å². The zero-order valence-corrected chi connectivity index (χ0v) is 6.59. The Labute approximate surface area is 77.0 Å². The first-order chi connectivity index (χ1) is 4.79. The number of quaternary nitrogens is 1. The Morgan fingerprint density at radius 2 is 1.50 bits per heavy atom. The summed E-state index contributed by atoms with van der Waals surface area (Å²) >= 11 is 0. The summed E-state index contributed by atoms with van der Waals surface area (Å²) in [6.45, 7) is 1.11. The second-order valence-electron chi connectivity index (χ2n) is 2.87. The van der Waals surface area contributed by atoms with Crippen molar-refractivity contribution in [1.29, 1.82) is 0 Å². The van der Waals surface area contributed by atoms with Crippen molar-refractivity contribution in [1.82, 2.24) is 0 Å². The van der Waals surface area contributed by atoms with E-state index < -0.39 is 0 Å². The second kappa shape index (κ2) is 6.86. The third kappa shape index (κ3) is 4.91. The first-order valence-electron chi connectivity index (χ1n) is 3.62. The van der Waals surface area contributed by atoms with Gasteiger partial charge in [-0.2, -0.15) is 0 Å². The molecule has 0 aromatic heterocycles. The summed E-state index contributed by atoms with van der Waals surface area (Å²) in [6, 6.07) is 10.5. The summed E-state index contributed by atoms with van der Waals surface area (Å²) < 4.78 is 0. The van der Waals surface area contributed by atoms with Gasteiger partial charge in [-0.15, -0.1) is 0 Å². The second-order valence-corrected chi connectivity index (χ2v) is 2.87. The fourth-order valence-electron chi connectivity index (χ4n) is 1.00. The topological polar surface area (TPSA) is 4.44 Å². The minimum Gasteiger partial charge on any atom is -0.336 e. The molecule has 0 radical (unpaired) electrons. The summed E-state index contributed by atoms with van der Waals surface area (Å²) in [5, 5.41) is 0. The summed E-state index contributed by atoms with van der Waals surface area (Å²) in [5.74, 6) is 0. The predicted molar refractivity (Wildman–Crippen MR) is 56.4 cm³/mol. The Kier molecular flexibility index (Phi) is 7.86. The molecular formula is C11H22N+. The summed E-state index contributed by atoms with van der Waals surface area (Å²) in [6.07, 6.45) is 0. The van der Waals surface area contributed by atoms with Gasteiger partial charge in [0, 0.05) is 5.56 Å². The molecule has 0 amide bonds. The molecule has 0 aliphatic rings. The van der Waals surface area contributed by atoms with Gasteiger partial charge >= 0.3 is 0 Å². The average Bonchev–Trinajstić information content (AvgIpc) is 1.88. The molecule has 12 heavy (non-hydrogen) atoms. The molecule has 0 spiro atoms. The van der Waals surface area contributed by atoms with E-state index in [1.54, 1.807) is 0 Å². The lowest BCUT2D eigenvalue weighted by Gasteiger charge is -2.05. The average molecular weight is 168 g/mol. The molecule has 0 bridgehead atoms. The number of hydrogen-bond acceptors (Lipinski definition) is 0. The Morgan fingerprint density at radius 3 is 1.92 bits per heavy atom. The molecule has 0 aliphatic heterocycles. The van der Waals surface area contributed by atoms with E-state index in [9.17, 15) is 0 Å². The molecule has 0 saturated carbocycles. The first kappa shape index (κ1) is 13.7. The van der Waals surface area contributed by atoms with Crippen molar-refractivity contribution in [2.75, 3.05) is 14.1 Å². The van der Waals surface area contributed by atoms with Crippen molar-refractivity contribution in [2.45, 2.75) is 21.4 Å². The standard InChI is InChI=1S/C9H13N.2CH4/c1-10(2)8-9-6-4-3-5-7-9;;/h3-7H,8H2,1-2H3;2*1H4/p+1. The van der Waals surface area contributed by atoms with Crippen molar-refractivity contribution in [3.05, 3.63) is 35.9 Å². The van der Waals surface area contributed by atoms with Crippen LogP contribution < -0.4 is 4.90 Å². The highest BCUT2D eigenvalue weighted by molar-refractivity contribution is 5.12. The molecule has 0 aliphatic carbocycles. The molecule has 1 aromatic rings. The Hall–Kier alpha value is -0.820. The van der Waals surface area contributed by atoms with Crippen LogP contribution in [0.25, 0.3) is 0 Å². The van der Waals surface area contributed by atoms with E-state index in [2.05, 4.69) is 44.4 Å².